The van der Waals surface area contributed by atoms with E-state index in [1.165, 1.54) is 15.6 Å². The number of nitrogens with one attached hydrogen (secondary N) is 1. The Hall–Kier alpha value is -1.97. The minimum atomic E-state index is -3.43. The van der Waals surface area contributed by atoms with Crippen molar-refractivity contribution in [3.63, 3.8) is 0 Å². The molecule has 150 valence electrons. The molecule has 2 aromatic heterocycles. The van der Waals surface area contributed by atoms with Gasteiger partial charge >= 0.3 is 0 Å². The van der Waals surface area contributed by atoms with Crippen molar-refractivity contribution in [2.75, 3.05) is 36.4 Å². The van der Waals surface area contributed by atoms with Crippen LogP contribution in [-0.4, -0.2) is 49.8 Å². The summed E-state index contributed by atoms with van der Waals surface area (Å²) in [6.45, 7) is 3.05. The summed E-state index contributed by atoms with van der Waals surface area (Å²) in [5.41, 5.74) is 0.705. The average Bonchev–Trinajstić information content (AvgIpc) is 3.44. The van der Waals surface area contributed by atoms with Crippen molar-refractivity contribution in [3.05, 3.63) is 35.3 Å². The number of pyridine rings is 1. The maximum absolute atomic E-state index is 12.6. The topological polar surface area (TPSA) is 82.6 Å². The Labute approximate surface area is 169 Å². The maximum atomic E-state index is 12.6. The van der Waals surface area contributed by atoms with E-state index in [1.807, 2.05) is 6.07 Å². The normalized spacial score (nSPS) is 17.9. The lowest BCUT2D eigenvalue weighted by Gasteiger charge is -2.19. The number of nitrogens with zero attached hydrogens (tertiary/aromatic N) is 3. The zero-order valence-electron chi connectivity index (χ0n) is 15.6. The van der Waals surface area contributed by atoms with Gasteiger partial charge in [-0.25, -0.2) is 13.4 Å². The lowest BCUT2D eigenvalue weighted by Crippen LogP contribution is -2.27. The van der Waals surface area contributed by atoms with Gasteiger partial charge in [-0.3, -0.25) is 4.79 Å². The highest BCUT2D eigenvalue weighted by atomic mass is 32.2. The number of amides is 1. The molecule has 1 amide bonds. The molecule has 0 radical (unpaired) electrons. The molecule has 0 spiro atoms. The number of thiophene rings is 1. The van der Waals surface area contributed by atoms with Gasteiger partial charge in [0.05, 0.1) is 12.1 Å². The summed E-state index contributed by atoms with van der Waals surface area (Å²) in [6.07, 6.45) is 5.96. The Balaban J connectivity index is 1.43. The molecule has 1 N–H and O–H groups in total. The average molecular weight is 421 g/mol. The SMILES string of the molecule is O=C(Cc1ccc(S(=O)(=O)N2CCCC2)s1)Nc1cccnc1N1CCCC1. The van der Waals surface area contributed by atoms with Crippen LogP contribution in [-0.2, 0) is 21.2 Å². The molecule has 2 fully saturated rings. The van der Waals surface area contributed by atoms with Gasteiger partial charge in [0.1, 0.15) is 4.21 Å². The Morgan fingerprint density at radius 3 is 2.54 bits per heavy atom. The Kier molecular flexibility index (Phi) is 5.65. The van der Waals surface area contributed by atoms with E-state index < -0.39 is 10.0 Å². The third kappa shape index (κ3) is 4.06. The number of carbonyl (C=O) groups is 1. The van der Waals surface area contributed by atoms with E-state index in [2.05, 4.69) is 15.2 Å². The first-order valence-electron chi connectivity index (χ1n) is 9.63. The van der Waals surface area contributed by atoms with E-state index in [4.69, 9.17) is 0 Å². The molecule has 28 heavy (non-hydrogen) atoms. The standard InChI is InChI=1S/C19H24N4O3S2/c24-17(21-16-6-5-9-20-19(16)22-10-1-2-11-22)14-15-7-8-18(27-15)28(25,26)23-12-3-4-13-23/h5-9H,1-4,10-14H2,(H,21,24). The van der Waals surface area contributed by atoms with Crippen LogP contribution in [0.1, 0.15) is 30.6 Å². The Bertz CT molecular complexity index is 946. The predicted octanol–water partition coefficient (Wildman–Crippen LogP) is 2.71. The molecule has 7 nitrogen and oxygen atoms in total. The van der Waals surface area contributed by atoms with E-state index >= 15 is 0 Å². The fourth-order valence-electron chi connectivity index (χ4n) is 3.68. The van der Waals surface area contributed by atoms with Crippen LogP contribution in [0.4, 0.5) is 11.5 Å². The molecule has 2 aliphatic rings. The van der Waals surface area contributed by atoms with Crippen LogP contribution in [0.15, 0.2) is 34.7 Å². The van der Waals surface area contributed by atoms with Crippen molar-refractivity contribution in [3.8, 4) is 0 Å². The van der Waals surface area contributed by atoms with E-state index in [1.54, 1.807) is 24.4 Å². The van der Waals surface area contributed by atoms with Crippen LogP contribution < -0.4 is 10.2 Å². The highest BCUT2D eigenvalue weighted by Crippen LogP contribution is 2.29. The summed E-state index contributed by atoms with van der Waals surface area (Å²) in [5.74, 6) is 0.636. The van der Waals surface area contributed by atoms with Gasteiger partial charge < -0.3 is 10.2 Å². The molecule has 4 rings (SSSR count). The second-order valence-electron chi connectivity index (χ2n) is 7.13. The van der Waals surface area contributed by atoms with Crippen LogP contribution in [0, 0.1) is 0 Å². The summed E-state index contributed by atoms with van der Waals surface area (Å²) < 4.78 is 27.1. The van der Waals surface area contributed by atoms with Gasteiger partial charge in [0.25, 0.3) is 10.0 Å². The molecule has 2 aromatic rings. The van der Waals surface area contributed by atoms with Crippen molar-refractivity contribution in [1.82, 2.24) is 9.29 Å². The summed E-state index contributed by atoms with van der Waals surface area (Å²) in [4.78, 5) is 19.9. The van der Waals surface area contributed by atoms with Crippen molar-refractivity contribution in [1.29, 1.82) is 0 Å². The summed E-state index contributed by atoms with van der Waals surface area (Å²) in [7, 11) is -3.43. The quantitative estimate of drug-likeness (QED) is 0.777. The molecule has 0 bridgehead atoms. The molecule has 0 aliphatic carbocycles. The lowest BCUT2D eigenvalue weighted by molar-refractivity contribution is -0.115. The van der Waals surface area contributed by atoms with Crippen molar-refractivity contribution in [2.45, 2.75) is 36.3 Å². The minimum absolute atomic E-state index is 0.147. The van der Waals surface area contributed by atoms with Crippen LogP contribution >= 0.6 is 11.3 Å². The highest BCUT2D eigenvalue weighted by Gasteiger charge is 2.28. The molecule has 2 saturated heterocycles. The number of hydrogen-bond acceptors (Lipinski definition) is 6. The fraction of sp³-hybridized carbons (Fsp3) is 0.474. The number of aromatic nitrogens is 1. The first-order valence-corrected chi connectivity index (χ1v) is 11.9. The molecule has 4 heterocycles. The van der Waals surface area contributed by atoms with Gasteiger partial charge in [-0.15, -0.1) is 11.3 Å². The van der Waals surface area contributed by atoms with Crippen LogP contribution in [0.5, 0.6) is 0 Å². The smallest absolute Gasteiger partial charge is 0.252 e. The van der Waals surface area contributed by atoms with Gasteiger partial charge in [-0.2, -0.15) is 4.31 Å². The van der Waals surface area contributed by atoms with Gasteiger partial charge in [0.15, 0.2) is 5.82 Å². The Morgan fingerprint density at radius 2 is 1.79 bits per heavy atom. The fourth-order valence-corrected chi connectivity index (χ4v) is 6.70. The van der Waals surface area contributed by atoms with Gasteiger partial charge in [0.2, 0.25) is 5.91 Å². The zero-order chi connectivity index (χ0) is 19.6. The molecule has 2 aliphatic heterocycles. The molecule has 9 heteroatoms. The monoisotopic (exact) mass is 420 g/mol. The molecular weight excluding hydrogens is 396 g/mol. The number of rotatable bonds is 6. The van der Waals surface area contributed by atoms with E-state index in [9.17, 15) is 13.2 Å². The van der Waals surface area contributed by atoms with E-state index in [-0.39, 0.29) is 12.3 Å². The minimum Gasteiger partial charge on any atom is -0.355 e. The first kappa shape index (κ1) is 19.4. The van der Waals surface area contributed by atoms with E-state index in [0.717, 1.165) is 49.5 Å². The van der Waals surface area contributed by atoms with Crippen molar-refractivity contribution >= 4 is 38.8 Å². The largest absolute Gasteiger partial charge is 0.355 e. The van der Waals surface area contributed by atoms with Gasteiger partial charge in [0, 0.05) is 37.3 Å². The summed E-state index contributed by atoms with van der Waals surface area (Å²) >= 11 is 1.18. The van der Waals surface area contributed by atoms with Crippen LogP contribution in [0.25, 0.3) is 0 Å². The first-order chi connectivity index (χ1) is 13.5. The second kappa shape index (κ2) is 8.18. The number of carbonyl (C=O) groups excluding carboxylic acids is 1. The van der Waals surface area contributed by atoms with Gasteiger partial charge in [-0.05, 0) is 49.9 Å². The second-order valence-corrected chi connectivity index (χ2v) is 10.5. The van der Waals surface area contributed by atoms with E-state index in [0.29, 0.717) is 23.0 Å². The van der Waals surface area contributed by atoms with Crippen molar-refractivity contribution in [2.24, 2.45) is 0 Å². The van der Waals surface area contributed by atoms with Gasteiger partial charge in [-0.1, -0.05) is 0 Å². The number of hydrogen-bond donors (Lipinski definition) is 1. The third-order valence-electron chi connectivity index (χ3n) is 5.10. The molecule has 0 saturated carbocycles. The molecule has 0 unspecified atom stereocenters. The van der Waals surface area contributed by atoms with Crippen LogP contribution in [0.3, 0.4) is 0 Å². The summed E-state index contributed by atoms with van der Waals surface area (Å²) in [6, 6.07) is 7.01. The number of sulfonamides is 1. The highest BCUT2D eigenvalue weighted by molar-refractivity contribution is 7.91. The maximum Gasteiger partial charge on any atom is 0.252 e. The number of anilines is 2. The van der Waals surface area contributed by atoms with Crippen molar-refractivity contribution < 1.29 is 13.2 Å². The Morgan fingerprint density at radius 1 is 1.07 bits per heavy atom. The van der Waals surface area contributed by atoms with Crippen LogP contribution in [0.2, 0.25) is 0 Å². The molecular formula is C19H24N4O3S2. The lowest BCUT2D eigenvalue weighted by atomic mass is 10.3. The summed E-state index contributed by atoms with van der Waals surface area (Å²) in [5, 5.41) is 2.94. The predicted molar refractivity (Wildman–Crippen MR) is 110 cm³/mol. The molecule has 0 aromatic carbocycles. The zero-order valence-corrected chi connectivity index (χ0v) is 17.3. The molecule has 0 atom stereocenters. The third-order valence-corrected chi connectivity index (χ3v) is 8.55.